The molecule has 0 spiro atoms. The SMILES string of the molecule is C=C(OC)C1=Cc2ccc(N(CCCCCCCC)CCCCCCCC)cc2OC1O. The summed E-state index contributed by atoms with van der Waals surface area (Å²) in [4.78, 5) is 2.50. The first-order valence-corrected chi connectivity index (χ1v) is 12.8. The van der Waals surface area contributed by atoms with Crippen LogP contribution in [0.5, 0.6) is 5.75 Å². The topological polar surface area (TPSA) is 41.9 Å². The quantitative estimate of drug-likeness (QED) is 0.200. The smallest absolute Gasteiger partial charge is 0.227 e. The zero-order chi connectivity index (χ0) is 23.2. The highest BCUT2D eigenvalue weighted by Crippen LogP contribution is 2.35. The summed E-state index contributed by atoms with van der Waals surface area (Å²) in [5.74, 6) is 1.15. The second-order valence-electron chi connectivity index (χ2n) is 8.94. The summed E-state index contributed by atoms with van der Waals surface area (Å²) < 4.78 is 11.0. The monoisotopic (exact) mass is 443 g/mol. The van der Waals surface area contributed by atoms with E-state index in [1.54, 1.807) is 7.11 Å². The predicted molar refractivity (Wildman–Crippen MR) is 136 cm³/mol. The molecule has 32 heavy (non-hydrogen) atoms. The first kappa shape index (κ1) is 26.3. The Bertz CT molecular complexity index is 697. The zero-order valence-corrected chi connectivity index (χ0v) is 20.7. The van der Waals surface area contributed by atoms with E-state index in [1.165, 1.54) is 82.7 Å². The van der Waals surface area contributed by atoms with Gasteiger partial charge in [0.15, 0.2) is 0 Å². The first-order chi connectivity index (χ1) is 15.6. The number of nitrogens with zero attached hydrogens (tertiary/aromatic N) is 1. The number of hydrogen-bond donors (Lipinski definition) is 1. The number of aliphatic hydroxyl groups excluding tert-OH is 1. The van der Waals surface area contributed by atoms with Gasteiger partial charge in [-0.1, -0.05) is 84.6 Å². The first-order valence-electron chi connectivity index (χ1n) is 12.8. The third-order valence-electron chi connectivity index (χ3n) is 6.31. The van der Waals surface area contributed by atoms with E-state index in [4.69, 9.17) is 9.47 Å². The summed E-state index contributed by atoms with van der Waals surface area (Å²) in [6.07, 6.45) is 16.5. The Morgan fingerprint density at radius 2 is 1.50 bits per heavy atom. The molecule has 0 radical (unpaired) electrons. The molecule has 1 atom stereocenters. The second-order valence-corrected chi connectivity index (χ2v) is 8.94. The summed E-state index contributed by atoms with van der Waals surface area (Å²) in [6.45, 7) is 10.5. The van der Waals surface area contributed by atoms with Crippen LogP contribution >= 0.6 is 0 Å². The number of aliphatic hydroxyl groups is 1. The Balaban J connectivity index is 2.02. The van der Waals surface area contributed by atoms with E-state index in [0.717, 1.165) is 24.4 Å². The van der Waals surface area contributed by atoms with E-state index >= 15 is 0 Å². The maximum atomic E-state index is 10.4. The minimum atomic E-state index is -1.05. The van der Waals surface area contributed by atoms with E-state index in [-0.39, 0.29) is 0 Å². The molecule has 0 amide bonds. The van der Waals surface area contributed by atoms with E-state index in [9.17, 15) is 5.11 Å². The van der Waals surface area contributed by atoms with Crippen LogP contribution < -0.4 is 9.64 Å². The molecule has 0 saturated heterocycles. The van der Waals surface area contributed by atoms with Crippen molar-refractivity contribution in [3.05, 3.63) is 41.7 Å². The molecule has 1 aliphatic rings. The number of rotatable bonds is 17. The predicted octanol–water partition coefficient (Wildman–Crippen LogP) is 7.47. The van der Waals surface area contributed by atoms with Crippen LogP contribution in [0.3, 0.4) is 0 Å². The van der Waals surface area contributed by atoms with E-state index in [1.807, 2.05) is 6.08 Å². The van der Waals surface area contributed by atoms with Crippen molar-refractivity contribution in [1.29, 1.82) is 0 Å². The fourth-order valence-electron chi connectivity index (χ4n) is 4.24. The molecule has 1 aliphatic heterocycles. The Kier molecular flexibility index (Phi) is 12.3. The van der Waals surface area contributed by atoms with Crippen LogP contribution in [0.1, 0.15) is 96.5 Å². The number of fused-ring (bicyclic) bond motifs is 1. The molecule has 1 unspecified atom stereocenters. The maximum Gasteiger partial charge on any atom is 0.227 e. The van der Waals surface area contributed by atoms with Gasteiger partial charge in [-0.25, -0.2) is 0 Å². The number of benzene rings is 1. The highest BCUT2D eigenvalue weighted by Gasteiger charge is 2.24. The summed E-state index contributed by atoms with van der Waals surface area (Å²) in [7, 11) is 1.55. The molecule has 0 saturated carbocycles. The molecular weight excluding hydrogens is 398 g/mol. The van der Waals surface area contributed by atoms with Crippen LogP contribution in [0.15, 0.2) is 36.1 Å². The lowest BCUT2D eigenvalue weighted by atomic mass is 10.0. The van der Waals surface area contributed by atoms with E-state index < -0.39 is 6.29 Å². The van der Waals surface area contributed by atoms with Gasteiger partial charge in [0.2, 0.25) is 6.29 Å². The molecular formula is C28H45NO3. The lowest BCUT2D eigenvalue weighted by Gasteiger charge is -2.28. The lowest BCUT2D eigenvalue weighted by Crippen LogP contribution is -2.27. The van der Waals surface area contributed by atoms with Crippen LogP contribution in [0.2, 0.25) is 0 Å². The van der Waals surface area contributed by atoms with Gasteiger partial charge in [0.05, 0.1) is 12.7 Å². The van der Waals surface area contributed by atoms with Crippen LogP contribution in [-0.4, -0.2) is 31.6 Å². The fourth-order valence-corrected chi connectivity index (χ4v) is 4.24. The standard InChI is InChI=1S/C28H45NO3/c1-5-7-9-11-13-15-19-29(20-16-14-12-10-8-6-2)25-18-17-24-21-26(23(3)31-4)28(30)32-27(24)22-25/h17-18,21-22,28,30H,3,5-16,19-20H2,1-2,4H3. The molecule has 0 aliphatic carbocycles. The van der Waals surface area contributed by atoms with Gasteiger partial charge in [-0.2, -0.15) is 0 Å². The van der Waals surface area contributed by atoms with E-state index in [0.29, 0.717) is 11.3 Å². The second kappa shape index (κ2) is 15.0. The lowest BCUT2D eigenvalue weighted by molar-refractivity contribution is 0.00989. The van der Waals surface area contributed by atoms with Crippen LogP contribution in [-0.2, 0) is 4.74 Å². The normalized spacial score (nSPS) is 15.0. The third kappa shape index (κ3) is 8.54. The van der Waals surface area contributed by atoms with Crippen molar-refractivity contribution in [3.8, 4) is 5.75 Å². The molecule has 1 heterocycles. The minimum absolute atomic E-state index is 0.431. The summed E-state index contributed by atoms with van der Waals surface area (Å²) in [6, 6.07) is 6.34. The highest BCUT2D eigenvalue weighted by atomic mass is 16.6. The van der Waals surface area contributed by atoms with Crippen molar-refractivity contribution < 1.29 is 14.6 Å². The van der Waals surface area contributed by atoms with Gasteiger partial charge in [-0.3, -0.25) is 0 Å². The fraction of sp³-hybridized carbons (Fsp3) is 0.643. The van der Waals surface area contributed by atoms with Gasteiger partial charge >= 0.3 is 0 Å². The molecule has 0 bridgehead atoms. The Morgan fingerprint density at radius 3 is 2.06 bits per heavy atom. The number of ether oxygens (including phenoxy) is 2. The number of hydrogen-bond acceptors (Lipinski definition) is 4. The summed E-state index contributed by atoms with van der Waals surface area (Å²) in [5, 5.41) is 10.4. The Morgan fingerprint density at radius 1 is 0.938 bits per heavy atom. The van der Waals surface area contributed by atoms with Gasteiger partial charge in [-0.15, -0.1) is 0 Å². The molecule has 180 valence electrons. The highest BCUT2D eigenvalue weighted by molar-refractivity contribution is 5.69. The van der Waals surface area contributed by atoms with Crippen molar-refractivity contribution in [3.63, 3.8) is 0 Å². The molecule has 4 heteroatoms. The van der Waals surface area contributed by atoms with Crippen molar-refractivity contribution >= 4 is 11.8 Å². The Labute approximate surface area is 196 Å². The van der Waals surface area contributed by atoms with Gasteiger partial charge < -0.3 is 19.5 Å². The van der Waals surface area contributed by atoms with Crippen LogP contribution in [0.25, 0.3) is 6.08 Å². The summed E-state index contributed by atoms with van der Waals surface area (Å²) >= 11 is 0. The molecule has 0 aromatic heterocycles. The molecule has 0 fully saturated rings. The van der Waals surface area contributed by atoms with Crippen LogP contribution in [0, 0.1) is 0 Å². The van der Waals surface area contributed by atoms with Crippen molar-refractivity contribution in [1.82, 2.24) is 0 Å². The van der Waals surface area contributed by atoms with Gasteiger partial charge in [0.25, 0.3) is 0 Å². The van der Waals surface area contributed by atoms with Crippen molar-refractivity contribution in [2.45, 2.75) is 97.2 Å². The van der Waals surface area contributed by atoms with E-state index in [2.05, 4.69) is 43.5 Å². The molecule has 4 nitrogen and oxygen atoms in total. The molecule has 1 aromatic rings. The largest absolute Gasteiger partial charge is 0.497 e. The van der Waals surface area contributed by atoms with Gasteiger partial charge in [0, 0.05) is 30.4 Å². The summed E-state index contributed by atoms with van der Waals surface area (Å²) in [5.41, 5.74) is 2.70. The molecule has 1 N–H and O–H groups in total. The number of methoxy groups -OCH3 is 1. The van der Waals surface area contributed by atoms with Gasteiger partial charge in [-0.05, 0) is 31.1 Å². The number of anilines is 1. The van der Waals surface area contributed by atoms with Crippen LogP contribution in [0.4, 0.5) is 5.69 Å². The van der Waals surface area contributed by atoms with Crippen molar-refractivity contribution in [2.75, 3.05) is 25.1 Å². The average molecular weight is 444 g/mol. The zero-order valence-electron chi connectivity index (χ0n) is 20.7. The maximum absolute atomic E-state index is 10.4. The third-order valence-corrected chi connectivity index (χ3v) is 6.31. The van der Waals surface area contributed by atoms with Gasteiger partial charge in [0.1, 0.15) is 11.5 Å². The minimum Gasteiger partial charge on any atom is -0.497 e. The molecule has 1 aromatic carbocycles. The number of unbranched alkanes of at least 4 members (excludes halogenated alkanes) is 10. The average Bonchev–Trinajstić information content (AvgIpc) is 2.80. The Hall–Kier alpha value is -1.94. The van der Waals surface area contributed by atoms with Crippen molar-refractivity contribution in [2.24, 2.45) is 0 Å². The molecule has 2 rings (SSSR count).